The van der Waals surface area contributed by atoms with Crippen LogP contribution >= 0.6 is 0 Å². The second-order valence-electron chi connectivity index (χ2n) is 4.04. The van der Waals surface area contributed by atoms with Crippen molar-refractivity contribution >= 4 is 8.80 Å². The summed E-state index contributed by atoms with van der Waals surface area (Å²) in [4.78, 5) is 0. The first-order valence-electron chi connectivity index (χ1n) is 6.11. The van der Waals surface area contributed by atoms with Gasteiger partial charge in [0.25, 0.3) is 0 Å². The van der Waals surface area contributed by atoms with E-state index in [1.54, 1.807) is 21.3 Å². The lowest BCUT2D eigenvalue weighted by Crippen LogP contribution is -2.50. The largest absolute Gasteiger partial charge is 0.500 e. The topological polar surface area (TPSA) is 55.0 Å². The summed E-state index contributed by atoms with van der Waals surface area (Å²) in [6.07, 6.45) is 0.992. The number of rotatable bonds is 8. The number of hydrogen-bond donors (Lipinski definition) is 2. The van der Waals surface area contributed by atoms with E-state index in [1.165, 1.54) is 0 Å². The van der Waals surface area contributed by atoms with Gasteiger partial charge in [-0.05, 0) is 6.42 Å². The van der Waals surface area contributed by atoms with Crippen LogP contribution in [0.4, 0.5) is 0 Å². The van der Waals surface area contributed by atoms with Crippen LogP contribution in [-0.2, 0) is 13.3 Å². The predicted molar refractivity (Wildman–Crippen MR) is 68.7 cm³/mol. The molecule has 0 amide bonds. The molecule has 0 aromatic rings. The van der Waals surface area contributed by atoms with E-state index < -0.39 is 8.80 Å². The lowest BCUT2D eigenvalue weighted by molar-refractivity contribution is 0.120. The van der Waals surface area contributed by atoms with Crippen molar-refractivity contribution in [2.24, 2.45) is 0 Å². The summed E-state index contributed by atoms with van der Waals surface area (Å²) in [6, 6.07) is 0.843. The molecule has 0 aromatic heterocycles. The fourth-order valence-corrected chi connectivity index (χ4v) is 3.64. The van der Waals surface area contributed by atoms with E-state index in [0.29, 0.717) is 0 Å². The zero-order chi connectivity index (χ0) is 12.6. The molecule has 102 valence electrons. The number of hydrazine groups is 1. The first-order chi connectivity index (χ1) is 8.26. The smallest absolute Gasteiger partial charge is 0.377 e. The molecule has 0 radical (unpaired) electrons. The highest BCUT2D eigenvalue weighted by atomic mass is 28.4. The first-order valence-corrected chi connectivity index (χ1v) is 8.04. The molecule has 0 bridgehead atoms. The molecule has 1 aliphatic rings. The molecule has 0 spiro atoms. The zero-order valence-electron chi connectivity index (χ0n) is 11.1. The molecule has 7 heteroatoms. The van der Waals surface area contributed by atoms with Gasteiger partial charge in [0.15, 0.2) is 0 Å². The van der Waals surface area contributed by atoms with E-state index in [-0.39, 0.29) is 0 Å². The molecule has 0 atom stereocenters. The summed E-state index contributed by atoms with van der Waals surface area (Å²) in [5.41, 5.74) is 3.42. The third-order valence-corrected chi connectivity index (χ3v) is 5.88. The van der Waals surface area contributed by atoms with E-state index in [0.717, 1.165) is 45.2 Å². The predicted octanol–water partition coefficient (Wildman–Crippen LogP) is -0.336. The van der Waals surface area contributed by atoms with Crippen LogP contribution in [-0.4, -0.2) is 67.9 Å². The number of nitrogens with zero attached hydrogens (tertiary/aromatic N) is 1. The highest BCUT2D eigenvalue weighted by Crippen LogP contribution is 2.14. The Morgan fingerprint density at radius 3 is 2.24 bits per heavy atom. The van der Waals surface area contributed by atoms with E-state index in [4.69, 9.17) is 13.3 Å². The van der Waals surface area contributed by atoms with Crippen LogP contribution < -0.4 is 10.7 Å². The van der Waals surface area contributed by atoms with Gasteiger partial charge in [-0.1, -0.05) is 0 Å². The SMILES string of the molecule is CO[Si](CCCNN1CCNCC1)(OC)OC. The highest BCUT2D eigenvalue weighted by Gasteiger charge is 2.36. The van der Waals surface area contributed by atoms with E-state index in [2.05, 4.69) is 15.8 Å². The molecule has 1 saturated heterocycles. The van der Waals surface area contributed by atoms with Gasteiger partial charge in [0.1, 0.15) is 0 Å². The molecule has 1 fully saturated rings. The van der Waals surface area contributed by atoms with Crippen LogP contribution in [0, 0.1) is 0 Å². The van der Waals surface area contributed by atoms with Crippen LogP contribution in [0.2, 0.25) is 6.04 Å². The highest BCUT2D eigenvalue weighted by molar-refractivity contribution is 6.60. The lowest BCUT2D eigenvalue weighted by atomic mass is 10.4. The molecule has 2 N–H and O–H groups in total. The summed E-state index contributed by atoms with van der Waals surface area (Å²) < 4.78 is 16.1. The third kappa shape index (κ3) is 5.00. The average molecular weight is 263 g/mol. The van der Waals surface area contributed by atoms with Crippen molar-refractivity contribution in [3.63, 3.8) is 0 Å². The van der Waals surface area contributed by atoms with Crippen molar-refractivity contribution < 1.29 is 13.3 Å². The Morgan fingerprint density at radius 2 is 1.71 bits per heavy atom. The van der Waals surface area contributed by atoms with Gasteiger partial charge in [-0.25, -0.2) is 5.01 Å². The maximum Gasteiger partial charge on any atom is 0.500 e. The molecular formula is C10H25N3O3Si. The number of nitrogens with one attached hydrogen (secondary N) is 2. The second kappa shape index (κ2) is 8.14. The Morgan fingerprint density at radius 1 is 1.12 bits per heavy atom. The maximum absolute atomic E-state index is 5.37. The van der Waals surface area contributed by atoms with Crippen molar-refractivity contribution in [1.29, 1.82) is 0 Å². The Hall–Kier alpha value is -0.0231. The lowest BCUT2D eigenvalue weighted by Gasteiger charge is -2.28. The molecule has 1 heterocycles. The van der Waals surface area contributed by atoms with Gasteiger partial charge in [0.05, 0.1) is 0 Å². The van der Waals surface area contributed by atoms with E-state index in [9.17, 15) is 0 Å². The molecule has 0 aliphatic carbocycles. The quantitative estimate of drug-likeness (QED) is 0.462. The van der Waals surface area contributed by atoms with Crippen LogP contribution in [0.5, 0.6) is 0 Å². The molecule has 0 saturated carbocycles. The van der Waals surface area contributed by atoms with E-state index >= 15 is 0 Å². The van der Waals surface area contributed by atoms with E-state index in [1.807, 2.05) is 0 Å². The molecule has 6 nitrogen and oxygen atoms in total. The molecule has 1 rings (SSSR count). The van der Waals surface area contributed by atoms with Crippen molar-refractivity contribution in [2.75, 3.05) is 54.1 Å². The Labute approximate surface area is 105 Å². The minimum atomic E-state index is -2.37. The minimum Gasteiger partial charge on any atom is -0.377 e. The molecular weight excluding hydrogens is 238 g/mol. The van der Waals surface area contributed by atoms with Crippen molar-refractivity contribution in [3.05, 3.63) is 0 Å². The maximum atomic E-state index is 5.37. The number of piperazine rings is 1. The average Bonchev–Trinajstić information content (AvgIpc) is 2.41. The van der Waals surface area contributed by atoms with Gasteiger partial charge >= 0.3 is 8.80 Å². The first kappa shape index (κ1) is 15.0. The molecule has 1 aliphatic heterocycles. The van der Waals surface area contributed by atoms with Gasteiger partial charge in [0.2, 0.25) is 0 Å². The van der Waals surface area contributed by atoms with Crippen molar-refractivity contribution in [2.45, 2.75) is 12.5 Å². The molecule has 17 heavy (non-hydrogen) atoms. The van der Waals surface area contributed by atoms with Crippen LogP contribution in [0.15, 0.2) is 0 Å². The summed E-state index contributed by atoms with van der Waals surface area (Å²) in [5.74, 6) is 0. The molecule has 0 unspecified atom stereocenters. The second-order valence-corrected chi connectivity index (χ2v) is 7.13. The van der Waals surface area contributed by atoms with Gasteiger partial charge in [0, 0.05) is 60.1 Å². The summed E-state index contributed by atoms with van der Waals surface area (Å²) in [7, 11) is 2.59. The summed E-state index contributed by atoms with van der Waals surface area (Å²) >= 11 is 0. The van der Waals surface area contributed by atoms with Gasteiger partial charge in [-0.2, -0.15) is 0 Å². The van der Waals surface area contributed by atoms with Gasteiger partial charge in [-0.3, -0.25) is 5.43 Å². The summed E-state index contributed by atoms with van der Waals surface area (Å²) in [6.45, 7) is 5.16. The monoisotopic (exact) mass is 263 g/mol. The third-order valence-electron chi connectivity index (χ3n) is 3.05. The normalized spacial score (nSPS) is 18.5. The van der Waals surface area contributed by atoms with Gasteiger partial charge in [-0.15, -0.1) is 0 Å². The Balaban J connectivity index is 2.13. The minimum absolute atomic E-state index is 0.843. The van der Waals surface area contributed by atoms with Crippen molar-refractivity contribution in [3.8, 4) is 0 Å². The fourth-order valence-electron chi connectivity index (χ4n) is 1.92. The van der Waals surface area contributed by atoms with Crippen LogP contribution in [0.3, 0.4) is 0 Å². The van der Waals surface area contributed by atoms with Crippen LogP contribution in [0.1, 0.15) is 6.42 Å². The van der Waals surface area contributed by atoms with Crippen molar-refractivity contribution in [1.82, 2.24) is 15.8 Å². The summed E-state index contributed by atoms with van der Waals surface area (Å²) in [5, 5.41) is 5.58. The fraction of sp³-hybridized carbons (Fsp3) is 1.00. The van der Waals surface area contributed by atoms with Gasteiger partial charge < -0.3 is 18.6 Å². The Kier molecular flexibility index (Phi) is 7.20. The Bertz CT molecular complexity index is 191. The molecule has 0 aromatic carbocycles. The van der Waals surface area contributed by atoms with Crippen LogP contribution in [0.25, 0.3) is 0 Å². The standard InChI is InChI=1S/C10H25N3O3Si/c1-14-17(15-2,16-3)10-4-5-12-13-8-6-11-7-9-13/h11-12H,4-10H2,1-3H3. The number of hydrogen-bond acceptors (Lipinski definition) is 6. The zero-order valence-corrected chi connectivity index (χ0v) is 12.1.